The van der Waals surface area contributed by atoms with Gasteiger partial charge in [-0.1, -0.05) is 43.5 Å². The number of benzene rings is 1. The minimum Gasteiger partial charge on any atom is -0.475 e. The van der Waals surface area contributed by atoms with Gasteiger partial charge < -0.3 is 15.0 Å². The second-order valence-corrected chi connectivity index (χ2v) is 10.3. The first kappa shape index (κ1) is 27.3. The van der Waals surface area contributed by atoms with E-state index in [2.05, 4.69) is 31.8 Å². The van der Waals surface area contributed by atoms with Crippen LogP contribution >= 0.6 is 0 Å². The largest absolute Gasteiger partial charge is 0.475 e. The Morgan fingerprint density at radius 1 is 1.12 bits per heavy atom. The minimum absolute atomic E-state index is 0.134. The molecular formula is C29H29F3N6O2. The Morgan fingerprint density at radius 3 is 2.45 bits per heavy atom. The SMILES string of the molecule is C=C(C)c1cc(C)nc(-c2nc3nc(C(=O)O)nc(NCCC4CCC4)c3n2Cc2ccc(C(F)(F)F)cc2)c1. The third-order valence-corrected chi connectivity index (χ3v) is 7.16. The van der Waals surface area contributed by atoms with Crippen LogP contribution in [0.15, 0.2) is 43.0 Å². The Hall–Kier alpha value is -4.28. The van der Waals surface area contributed by atoms with E-state index in [0.717, 1.165) is 35.4 Å². The first-order chi connectivity index (χ1) is 19.0. The van der Waals surface area contributed by atoms with Crippen molar-refractivity contribution in [3.63, 3.8) is 0 Å². The smallest absolute Gasteiger partial charge is 0.416 e. The first-order valence-electron chi connectivity index (χ1n) is 13.1. The van der Waals surface area contributed by atoms with Gasteiger partial charge >= 0.3 is 12.1 Å². The summed E-state index contributed by atoms with van der Waals surface area (Å²) in [5.41, 5.74) is 3.35. The van der Waals surface area contributed by atoms with Gasteiger partial charge in [0.1, 0.15) is 11.2 Å². The van der Waals surface area contributed by atoms with Crippen LogP contribution in [0, 0.1) is 12.8 Å². The van der Waals surface area contributed by atoms with Gasteiger partial charge in [0.05, 0.1) is 5.56 Å². The average Bonchev–Trinajstić information content (AvgIpc) is 3.23. The predicted octanol–water partition coefficient (Wildman–Crippen LogP) is 6.60. The van der Waals surface area contributed by atoms with Crippen molar-refractivity contribution in [3.05, 3.63) is 71.2 Å². The first-order valence-corrected chi connectivity index (χ1v) is 13.1. The number of fused-ring (bicyclic) bond motifs is 1. The fourth-order valence-corrected chi connectivity index (χ4v) is 4.79. The number of carboxylic acid groups (broad SMARTS) is 1. The number of imidazole rings is 1. The molecule has 0 radical (unpaired) electrons. The summed E-state index contributed by atoms with van der Waals surface area (Å²) in [5.74, 6) is -0.376. The van der Waals surface area contributed by atoms with Crippen LogP contribution in [0.4, 0.5) is 19.0 Å². The van der Waals surface area contributed by atoms with Gasteiger partial charge in [-0.15, -0.1) is 0 Å². The molecule has 0 bridgehead atoms. The van der Waals surface area contributed by atoms with E-state index in [0.29, 0.717) is 40.9 Å². The number of carboxylic acids is 1. The maximum atomic E-state index is 13.2. The molecule has 40 heavy (non-hydrogen) atoms. The quantitative estimate of drug-likeness (QED) is 0.242. The van der Waals surface area contributed by atoms with Crippen molar-refractivity contribution in [1.82, 2.24) is 24.5 Å². The number of rotatable bonds is 9. The summed E-state index contributed by atoms with van der Waals surface area (Å²) in [6, 6.07) is 8.62. The third-order valence-electron chi connectivity index (χ3n) is 7.16. The number of alkyl halides is 3. The molecule has 208 valence electrons. The molecule has 3 aromatic heterocycles. The van der Waals surface area contributed by atoms with E-state index >= 15 is 0 Å². The second kappa shape index (κ2) is 10.7. The number of pyridine rings is 1. The van der Waals surface area contributed by atoms with E-state index in [1.807, 2.05) is 26.0 Å². The normalized spacial score (nSPS) is 13.8. The van der Waals surface area contributed by atoms with Crippen molar-refractivity contribution in [1.29, 1.82) is 0 Å². The van der Waals surface area contributed by atoms with Crippen LogP contribution in [0.3, 0.4) is 0 Å². The molecule has 11 heteroatoms. The van der Waals surface area contributed by atoms with Gasteiger partial charge in [0.2, 0.25) is 5.82 Å². The van der Waals surface area contributed by atoms with Gasteiger partial charge in [-0.3, -0.25) is 0 Å². The number of nitrogens with zero attached hydrogens (tertiary/aromatic N) is 5. The Bertz CT molecular complexity index is 1590. The van der Waals surface area contributed by atoms with Crippen LogP contribution in [-0.2, 0) is 12.7 Å². The van der Waals surface area contributed by atoms with Crippen LogP contribution in [0.2, 0.25) is 0 Å². The lowest BCUT2D eigenvalue weighted by Crippen LogP contribution is -2.17. The molecule has 0 atom stereocenters. The zero-order valence-corrected chi connectivity index (χ0v) is 22.2. The summed E-state index contributed by atoms with van der Waals surface area (Å²) >= 11 is 0. The second-order valence-electron chi connectivity index (χ2n) is 10.3. The highest BCUT2D eigenvalue weighted by Crippen LogP contribution is 2.33. The van der Waals surface area contributed by atoms with Gasteiger partial charge in [-0.2, -0.15) is 13.2 Å². The van der Waals surface area contributed by atoms with Crippen molar-refractivity contribution in [2.75, 3.05) is 11.9 Å². The molecule has 1 aliphatic rings. The van der Waals surface area contributed by atoms with E-state index in [9.17, 15) is 23.1 Å². The number of aromatic nitrogens is 5. The molecule has 1 aliphatic carbocycles. The highest BCUT2D eigenvalue weighted by molar-refractivity contribution is 5.92. The molecule has 1 fully saturated rings. The lowest BCUT2D eigenvalue weighted by Gasteiger charge is -2.25. The van der Waals surface area contributed by atoms with Gasteiger partial charge in [-0.25, -0.2) is 24.7 Å². The van der Waals surface area contributed by atoms with Crippen LogP contribution in [0.1, 0.15) is 65.6 Å². The Morgan fingerprint density at radius 2 is 1.85 bits per heavy atom. The number of halogens is 3. The van der Waals surface area contributed by atoms with Crippen LogP contribution in [0.25, 0.3) is 28.3 Å². The number of aromatic carboxylic acids is 1. The Kier molecular flexibility index (Phi) is 7.31. The molecule has 0 saturated heterocycles. The zero-order valence-electron chi connectivity index (χ0n) is 22.2. The summed E-state index contributed by atoms with van der Waals surface area (Å²) < 4.78 is 41.3. The molecule has 0 spiro atoms. The Labute approximate surface area is 229 Å². The highest BCUT2D eigenvalue weighted by Gasteiger charge is 2.30. The van der Waals surface area contributed by atoms with E-state index in [4.69, 9.17) is 0 Å². The lowest BCUT2D eigenvalue weighted by molar-refractivity contribution is -0.137. The molecule has 2 N–H and O–H groups in total. The van der Waals surface area contributed by atoms with E-state index in [-0.39, 0.29) is 12.2 Å². The summed E-state index contributed by atoms with van der Waals surface area (Å²) in [6.07, 6.45) is 0.0107. The molecule has 0 aliphatic heterocycles. The maximum Gasteiger partial charge on any atom is 0.416 e. The number of hydrogen-bond donors (Lipinski definition) is 2. The highest BCUT2D eigenvalue weighted by atomic mass is 19.4. The molecule has 8 nitrogen and oxygen atoms in total. The fraction of sp³-hybridized carbons (Fsp3) is 0.345. The number of anilines is 1. The van der Waals surface area contributed by atoms with E-state index < -0.39 is 23.5 Å². The molecule has 0 unspecified atom stereocenters. The number of carbonyl (C=O) groups is 1. The number of aryl methyl sites for hydroxylation is 1. The van der Waals surface area contributed by atoms with Crippen molar-refractivity contribution in [3.8, 4) is 11.5 Å². The molecular weight excluding hydrogens is 521 g/mol. The monoisotopic (exact) mass is 550 g/mol. The topological polar surface area (TPSA) is 106 Å². The third kappa shape index (κ3) is 5.68. The average molecular weight is 551 g/mol. The molecule has 4 aromatic rings. The molecule has 1 saturated carbocycles. The molecule has 1 aromatic carbocycles. The lowest BCUT2D eigenvalue weighted by atomic mass is 9.83. The molecule has 5 rings (SSSR count). The fourth-order valence-electron chi connectivity index (χ4n) is 4.79. The van der Waals surface area contributed by atoms with Crippen molar-refractivity contribution in [2.24, 2.45) is 5.92 Å². The Balaban J connectivity index is 1.67. The summed E-state index contributed by atoms with van der Waals surface area (Å²) in [7, 11) is 0. The maximum absolute atomic E-state index is 13.2. The van der Waals surface area contributed by atoms with Crippen molar-refractivity contribution < 1.29 is 23.1 Å². The van der Waals surface area contributed by atoms with Gasteiger partial charge in [0.25, 0.3) is 0 Å². The summed E-state index contributed by atoms with van der Waals surface area (Å²) in [5, 5.41) is 13.0. The van der Waals surface area contributed by atoms with Crippen molar-refractivity contribution in [2.45, 2.75) is 52.3 Å². The van der Waals surface area contributed by atoms with Crippen LogP contribution < -0.4 is 5.32 Å². The van der Waals surface area contributed by atoms with Gasteiger partial charge in [0, 0.05) is 18.8 Å². The minimum atomic E-state index is -4.45. The molecule has 3 heterocycles. The number of allylic oxidation sites excluding steroid dienone is 1. The van der Waals surface area contributed by atoms with Crippen LogP contribution in [0.5, 0.6) is 0 Å². The van der Waals surface area contributed by atoms with Gasteiger partial charge in [-0.05, 0) is 61.6 Å². The summed E-state index contributed by atoms with van der Waals surface area (Å²) in [6.45, 7) is 8.45. The van der Waals surface area contributed by atoms with Gasteiger partial charge in [0.15, 0.2) is 17.3 Å². The van der Waals surface area contributed by atoms with E-state index in [1.54, 1.807) is 4.57 Å². The molecule has 0 amide bonds. The number of nitrogens with one attached hydrogen (secondary N) is 1. The van der Waals surface area contributed by atoms with Crippen molar-refractivity contribution >= 4 is 28.5 Å². The number of hydrogen-bond acceptors (Lipinski definition) is 6. The van der Waals surface area contributed by atoms with E-state index in [1.165, 1.54) is 31.4 Å². The van der Waals surface area contributed by atoms with Crippen LogP contribution in [-0.4, -0.2) is 42.1 Å². The standard InChI is InChI=1S/C29H29F3N6O2/c1-16(2)20-13-17(3)34-22(14-20)27-37-25-23(38(27)15-19-7-9-21(10-8-19)29(30,31)32)24(35-26(36-25)28(39)40)33-12-11-18-5-4-6-18/h7-10,13-14,18H,1,4-6,11-12,15H2,2-3H3,(H,39,40)(H,33,35,36). The predicted molar refractivity (Wildman–Crippen MR) is 146 cm³/mol. The zero-order chi connectivity index (χ0) is 28.6. The summed E-state index contributed by atoms with van der Waals surface area (Å²) in [4.78, 5) is 29.7.